The van der Waals surface area contributed by atoms with Gasteiger partial charge >= 0.3 is 0 Å². The molecular weight excluding hydrogens is 296 g/mol. The van der Waals surface area contributed by atoms with Gasteiger partial charge in [-0.25, -0.2) is 4.98 Å². The summed E-state index contributed by atoms with van der Waals surface area (Å²) >= 11 is 0. The van der Waals surface area contributed by atoms with Crippen LogP contribution in [0.1, 0.15) is 26.2 Å². The first-order valence-electron chi connectivity index (χ1n) is 8.51. The van der Waals surface area contributed by atoms with Gasteiger partial charge in [-0.15, -0.1) is 0 Å². The average molecular weight is 320 g/mol. The Morgan fingerprint density at radius 3 is 2.25 bits per heavy atom. The van der Waals surface area contributed by atoms with Gasteiger partial charge in [0.05, 0.1) is 17.6 Å². The van der Waals surface area contributed by atoms with Gasteiger partial charge in [0.2, 0.25) is 5.95 Å². The SMILES string of the molecule is CCCCC(N)Nc1nc(-c2ccccc2)c(-c2ccccc2)[nH]1. The summed E-state index contributed by atoms with van der Waals surface area (Å²) in [5.74, 6) is 0.719. The number of nitrogens with zero attached hydrogens (tertiary/aromatic N) is 1. The van der Waals surface area contributed by atoms with Gasteiger partial charge in [0.25, 0.3) is 0 Å². The number of anilines is 1. The lowest BCUT2D eigenvalue weighted by Crippen LogP contribution is -2.29. The van der Waals surface area contributed by atoms with Crippen LogP contribution in [0, 0.1) is 0 Å². The van der Waals surface area contributed by atoms with Crippen molar-refractivity contribution < 1.29 is 0 Å². The van der Waals surface area contributed by atoms with Crippen molar-refractivity contribution in [3.8, 4) is 22.5 Å². The summed E-state index contributed by atoms with van der Waals surface area (Å²) in [4.78, 5) is 8.16. The smallest absolute Gasteiger partial charge is 0.202 e. The predicted octanol–water partition coefficient (Wildman–Crippen LogP) is 4.63. The fourth-order valence-electron chi connectivity index (χ4n) is 2.73. The largest absolute Gasteiger partial charge is 0.341 e. The molecule has 3 rings (SSSR count). The second-order valence-corrected chi connectivity index (χ2v) is 5.93. The van der Waals surface area contributed by atoms with E-state index in [2.05, 4.69) is 41.5 Å². The van der Waals surface area contributed by atoms with Crippen LogP contribution in [0.2, 0.25) is 0 Å². The van der Waals surface area contributed by atoms with Crippen molar-refractivity contribution in [2.45, 2.75) is 32.4 Å². The molecule has 4 nitrogen and oxygen atoms in total. The highest BCUT2D eigenvalue weighted by molar-refractivity contribution is 5.79. The molecule has 3 aromatic rings. The summed E-state index contributed by atoms with van der Waals surface area (Å²) in [6.45, 7) is 2.17. The highest BCUT2D eigenvalue weighted by Crippen LogP contribution is 2.31. The van der Waals surface area contributed by atoms with Gasteiger partial charge in [-0.3, -0.25) is 0 Å². The van der Waals surface area contributed by atoms with E-state index in [0.29, 0.717) is 0 Å². The van der Waals surface area contributed by atoms with Crippen molar-refractivity contribution >= 4 is 5.95 Å². The fourth-order valence-corrected chi connectivity index (χ4v) is 2.73. The number of unbranched alkanes of at least 4 members (excludes halogenated alkanes) is 1. The van der Waals surface area contributed by atoms with Crippen LogP contribution in [0.15, 0.2) is 60.7 Å². The molecule has 1 aromatic heterocycles. The monoisotopic (exact) mass is 320 g/mol. The van der Waals surface area contributed by atoms with E-state index in [1.165, 1.54) is 0 Å². The summed E-state index contributed by atoms with van der Waals surface area (Å²) in [5, 5.41) is 3.29. The average Bonchev–Trinajstić information content (AvgIpc) is 3.05. The Hall–Kier alpha value is -2.59. The third-order valence-corrected chi connectivity index (χ3v) is 4.00. The van der Waals surface area contributed by atoms with Crippen LogP contribution >= 0.6 is 0 Å². The van der Waals surface area contributed by atoms with Crippen LogP contribution in [0.4, 0.5) is 5.95 Å². The molecule has 2 aromatic carbocycles. The maximum Gasteiger partial charge on any atom is 0.202 e. The van der Waals surface area contributed by atoms with Gasteiger partial charge in [-0.1, -0.05) is 80.4 Å². The van der Waals surface area contributed by atoms with Crippen molar-refractivity contribution in [3.05, 3.63) is 60.7 Å². The lowest BCUT2D eigenvalue weighted by molar-refractivity contribution is 0.622. The van der Waals surface area contributed by atoms with E-state index in [-0.39, 0.29) is 6.17 Å². The Morgan fingerprint density at radius 1 is 1.00 bits per heavy atom. The summed E-state index contributed by atoms with van der Waals surface area (Å²) in [5.41, 5.74) is 10.3. The van der Waals surface area contributed by atoms with E-state index in [9.17, 15) is 0 Å². The molecular formula is C20H24N4. The summed E-state index contributed by atoms with van der Waals surface area (Å²) in [6, 6.07) is 20.5. The maximum atomic E-state index is 6.16. The number of H-pyrrole nitrogens is 1. The third-order valence-electron chi connectivity index (χ3n) is 4.00. The van der Waals surface area contributed by atoms with E-state index < -0.39 is 0 Å². The lowest BCUT2D eigenvalue weighted by atomic mass is 10.1. The molecule has 1 heterocycles. The van der Waals surface area contributed by atoms with Crippen LogP contribution in [0.25, 0.3) is 22.5 Å². The van der Waals surface area contributed by atoms with Gasteiger partial charge < -0.3 is 16.0 Å². The normalized spacial score (nSPS) is 12.1. The highest BCUT2D eigenvalue weighted by Gasteiger charge is 2.15. The molecule has 0 fully saturated rings. The number of nitrogens with two attached hydrogens (primary N) is 1. The predicted molar refractivity (Wildman–Crippen MR) is 101 cm³/mol. The van der Waals surface area contributed by atoms with E-state index >= 15 is 0 Å². The molecule has 0 amide bonds. The zero-order chi connectivity index (χ0) is 16.8. The second kappa shape index (κ2) is 7.79. The van der Waals surface area contributed by atoms with Gasteiger partial charge in [0, 0.05) is 11.1 Å². The Bertz CT molecular complexity index is 693. The molecule has 0 saturated heterocycles. The Morgan fingerprint density at radius 2 is 1.62 bits per heavy atom. The van der Waals surface area contributed by atoms with Crippen molar-refractivity contribution in [1.82, 2.24) is 9.97 Å². The van der Waals surface area contributed by atoms with Crippen molar-refractivity contribution in [2.75, 3.05) is 5.32 Å². The number of nitrogens with one attached hydrogen (secondary N) is 2. The van der Waals surface area contributed by atoms with Crippen LogP contribution in [0.5, 0.6) is 0 Å². The zero-order valence-corrected chi connectivity index (χ0v) is 14.0. The van der Waals surface area contributed by atoms with E-state index in [1.807, 2.05) is 36.4 Å². The van der Waals surface area contributed by atoms with Crippen molar-refractivity contribution in [1.29, 1.82) is 0 Å². The van der Waals surface area contributed by atoms with Crippen LogP contribution in [-0.4, -0.2) is 16.1 Å². The molecule has 0 saturated carbocycles. The van der Waals surface area contributed by atoms with Crippen LogP contribution in [-0.2, 0) is 0 Å². The minimum atomic E-state index is -0.0941. The van der Waals surface area contributed by atoms with E-state index in [4.69, 9.17) is 10.7 Å². The molecule has 0 aliphatic carbocycles. The third kappa shape index (κ3) is 3.84. The molecule has 124 valence electrons. The number of imidazole rings is 1. The molecule has 0 aliphatic heterocycles. The Balaban J connectivity index is 1.94. The quantitative estimate of drug-likeness (QED) is 0.556. The number of aromatic amines is 1. The molecule has 0 spiro atoms. The van der Waals surface area contributed by atoms with Gasteiger partial charge in [0.1, 0.15) is 0 Å². The molecule has 1 atom stereocenters. The first-order chi connectivity index (χ1) is 11.8. The molecule has 0 aliphatic rings. The number of rotatable bonds is 7. The Kier molecular flexibility index (Phi) is 5.29. The standard InChI is InChI=1S/C20H24N4/c1-2-3-14-17(21)22-20-23-18(15-10-6-4-7-11-15)19(24-20)16-12-8-5-9-13-16/h4-13,17H,2-3,14,21H2,1H3,(H2,22,23,24). The minimum absolute atomic E-state index is 0.0941. The van der Waals surface area contributed by atoms with Crippen LogP contribution in [0.3, 0.4) is 0 Å². The van der Waals surface area contributed by atoms with E-state index in [1.54, 1.807) is 0 Å². The van der Waals surface area contributed by atoms with Gasteiger partial charge in [-0.05, 0) is 6.42 Å². The topological polar surface area (TPSA) is 66.7 Å². The molecule has 0 radical (unpaired) electrons. The van der Waals surface area contributed by atoms with Crippen molar-refractivity contribution in [2.24, 2.45) is 5.73 Å². The van der Waals surface area contributed by atoms with Gasteiger partial charge in [-0.2, -0.15) is 0 Å². The molecule has 1 unspecified atom stereocenters. The number of hydrogen-bond acceptors (Lipinski definition) is 3. The summed E-state index contributed by atoms with van der Waals surface area (Å²) < 4.78 is 0. The van der Waals surface area contributed by atoms with Crippen LogP contribution < -0.4 is 11.1 Å². The minimum Gasteiger partial charge on any atom is -0.341 e. The number of benzene rings is 2. The van der Waals surface area contributed by atoms with E-state index in [0.717, 1.165) is 47.7 Å². The summed E-state index contributed by atoms with van der Waals surface area (Å²) in [6.07, 6.45) is 3.08. The zero-order valence-electron chi connectivity index (χ0n) is 14.0. The molecule has 24 heavy (non-hydrogen) atoms. The number of hydrogen-bond donors (Lipinski definition) is 3. The first kappa shape index (κ1) is 16.3. The lowest BCUT2D eigenvalue weighted by Gasteiger charge is -2.11. The molecule has 4 N–H and O–H groups in total. The van der Waals surface area contributed by atoms with Gasteiger partial charge in [0.15, 0.2) is 0 Å². The molecule has 0 bridgehead atoms. The summed E-state index contributed by atoms with van der Waals surface area (Å²) in [7, 11) is 0. The van der Waals surface area contributed by atoms with Crippen molar-refractivity contribution in [3.63, 3.8) is 0 Å². The maximum absolute atomic E-state index is 6.16. The molecule has 4 heteroatoms. The number of aromatic nitrogens is 2. The highest BCUT2D eigenvalue weighted by atomic mass is 15.2. The Labute approximate surface area is 143 Å². The fraction of sp³-hybridized carbons (Fsp3) is 0.250. The second-order valence-electron chi connectivity index (χ2n) is 5.93. The first-order valence-corrected chi connectivity index (χ1v) is 8.51.